The summed E-state index contributed by atoms with van der Waals surface area (Å²) in [6.45, 7) is 1.39. The van der Waals surface area contributed by atoms with Gasteiger partial charge in [0.2, 0.25) is 23.6 Å². The number of nitrogens with two attached hydrogens (primary N) is 2. The SMILES string of the molecule is NCCCC(NC(=O)C1(C(=O)NCCc2ccc(O)cc2)CCCC1)O[B]OC(CCCN)NC(=O)C1(C(=O)NCCc2ccc(O)cc2)CCCC1. The molecule has 0 bridgehead atoms. The zero-order valence-electron chi connectivity index (χ0n) is 30.6. The van der Waals surface area contributed by atoms with Crippen molar-refractivity contribution in [1.29, 1.82) is 0 Å². The fraction of sp³-hybridized carbons (Fsp3) is 0.579. The first kappa shape index (κ1) is 41.6. The number of aromatic hydroxyl groups is 2. The fourth-order valence-electron chi connectivity index (χ4n) is 7.07. The molecular weight excluding hydrogens is 679 g/mol. The van der Waals surface area contributed by atoms with Crippen LogP contribution in [0, 0.1) is 10.8 Å². The van der Waals surface area contributed by atoms with E-state index in [1.165, 1.54) is 0 Å². The summed E-state index contributed by atoms with van der Waals surface area (Å²) in [6.07, 6.45) is 5.77. The minimum atomic E-state index is -1.24. The largest absolute Gasteiger partial charge is 0.508 e. The highest BCUT2D eigenvalue weighted by Gasteiger charge is 2.49. The van der Waals surface area contributed by atoms with Gasteiger partial charge in [-0.15, -0.1) is 0 Å². The lowest BCUT2D eigenvalue weighted by molar-refractivity contribution is -0.146. The van der Waals surface area contributed by atoms with Crippen LogP contribution in [0.2, 0.25) is 0 Å². The summed E-state index contributed by atoms with van der Waals surface area (Å²) >= 11 is 0. The summed E-state index contributed by atoms with van der Waals surface area (Å²) in [7, 11) is 1.08. The van der Waals surface area contributed by atoms with Crippen molar-refractivity contribution in [2.75, 3.05) is 26.2 Å². The van der Waals surface area contributed by atoms with Crippen LogP contribution in [0.4, 0.5) is 0 Å². The minimum Gasteiger partial charge on any atom is -0.508 e. The molecule has 0 saturated heterocycles. The Morgan fingerprint density at radius 1 is 0.623 bits per heavy atom. The topological polar surface area (TPSA) is 227 Å². The van der Waals surface area contributed by atoms with E-state index in [4.69, 9.17) is 20.8 Å². The highest BCUT2D eigenvalue weighted by atomic mass is 16.6. The van der Waals surface area contributed by atoms with E-state index in [9.17, 15) is 29.4 Å². The van der Waals surface area contributed by atoms with Gasteiger partial charge in [0.1, 0.15) is 34.8 Å². The van der Waals surface area contributed by atoms with Crippen LogP contribution in [-0.4, -0.2) is 80.2 Å². The van der Waals surface area contributed by atoms with E-state index in [0.29, 0.717) is 90.4 Å². The first-order chi connectivity index (χ1) is 25.6. The summed E-state index contributed by atoms with van der Waals surface area (Å²) in [5, 5.41) is 30.7. The summed E-state index contributed by atoms with van der Waals surface area (Å²) in [6, 6.07) is 13.5. The van der Waals surface area contributed by atoms with E-state index < -0.39 is 35.1 Å². The predicted molar refractivity (Wildman–Crippen MR) is 200 cm³/mol. The van der Waals surface area contributed by atoms with Gasteiger partial charge in [0, 0.05) is 13.1 Å². The van der Waals surface area contributed by atoms with Gasteiger partial charge in [-0.25, -0.2) is 0 Å². The molecule has 14 nitrogen and oxygen atoms in total. The molecule has 2 unspecified atom stereocenters. The summed E-state index contributed by atoms with van der Waals surface area (Å²) in [4.78, 5) is 54.5. The van der Waals surface area contributed by atoms with Crippen molar-refractivity contribution in [3.63, 3.8) is 0 Å². The standard InChI is InChI=1S/C38H56BN6O8/c40-23-5-7-31(44-35(50)37(19-1-2-20-37)33(48)42-25-17-27-9-13-29(46)14-10-27)52-39-53-32(8-6-24-41)45-36(51)38(21-3-4-22-38)34(49)43-26-18-28-11-15-30(47)16-12-28/h9-16,31-32,46-47H,1-8,17-26,40-41H2,(H,42,48)(H,43,49)(H,44,50)(H,45,51). The molecule has 2 saturated carbocycles. The third-order valence-corrected chi connectivity index (χ3v) is 10.3. The molecule has 2 aromatic carbocycles. The lowest BCUT2D eigenvalue weighted by Gasteiger charge is -2.31. The fourth-order valence-corrected chi connectivity index (χ4v) is 7.07. The molecule has 2 fully saturated rings. The maximum atomic E-state index is 13.8. The van der Waals surface area contributed by atoms with Gasteiger partial charge in [-0.2, -0.15) is 0 Å². The van der Waals surface area contributed by atoms with E-state index >= 15 is 0 Å². The van der Waals surface area contributed by atoms with Crippen molar-refractivity contribution in [3.8, 4) is 11.5 Å². The Labute approximate surface area is 312 Å². The molecule has 1 radical (unpaired) electrons. The highest BCUT2D eigenvalue weighted by Crippen LogP contribution is 2.40. The Hall–Kier alpha value is -4.18. The molecule has 0 heterocycles. The third kappa shape index (κ3) is 11.9. The number of hydrogen-bond donors (Lipinski definition) is 8. The van der Waals surface area contributed by atoms with Gasteiger partial charge in [0.05, 0.1) is 0 Å². The second-order valence-corrected chi connectivity index (χ2v) is 14.1. The lowest BCUT2D eigenvalue weighted by atomic mass is 9.83. The maximum absolute atomic E-state index is 13.8. The van der Waals surface area contributed by atoms with Crippen LogP contribution >= 0.6 is 0 Å². The average Bonchev–Trinajstić information content (AvgIpc) is 3.87. The van der Waals surface area contributed by atoms with Crippen molar-refractivity contribution in [1.82, 2.24) is 21.3 Å². The van der Waals surface area contributed by atoms with Crippen LogP contribution in [0.1, 0.15) is 88.2 Å². The number of benzene rings is 2. The Bertz CT molecular complexity index is 1360. The molecule has 15 heteroatoms. The monoisotopic (exact) mass is 735 g/mol. The van der Waals surface area contributed by atoms with E-state index in [2.05, 4.69) is 21.3 Å². The average molecular weight is 736 g/mol. The first-order valence-electron chi connectivity index (χ1n) is 18.9. The summed E-state index contributed by atoms with van der Waals surface area (Å²) in [5.74, 6) is -1.19. The number of hydrogen-bond acceptors (Lipinski definition) is 10. The zero-order valence-corrected chi connectivity index (χ0v) is 30.6. The molecule has 2 atom stereocenters. The maximum Gasteiger partial charge on any atom is 0.491 e. The number of carbonyl (C=O) groups is 4. The van der Waals surface area contributed by atoms with Crippen molar-refractivity contribution in [3.05, 3.63) is 59.7 Å². The van der Waals surface area contributed by atoms with Gasteiger partial charge < -0.3 is 52.3 Å². The Morgan fingerprint density at radius 3 is 1.32 bits per heavy atom. The minimum absolute atomic E-state index is 0.168. The second kappa shape index (κ2) is 20.9. The number of carbonyl (C=O) groups excluding carboxylic acids is 4. The quantitative estimate of drug-likeness (QED) is 0.0500. The molecule has 2 aliphatic rings. The Morgan fingerprint density at radius 2 is 0.981 bits per heavy atom. The number of nitrogens with one attached hydrogen (secondary N) is 4. The van der Waals surface area contributed by atoms with Crippen LogP contribution in [0.15, 0.2) is 48.5 Å². The van der Waals surface area contributed by atoms with Crippen LogP contribution < -0.4 is 32.7 Å². The lowest BCUT2D eigenvalue weighted by Crippen LogP contribution is -2.54. The normalized spacial score (nSPS) is 17.0. The molecule has 289 valence electrons. The highest BCUT2D eigenvalue weighted by molar-refractivity contribution is 6.18. The van der Waals surface area contributed by atoms with Gasteiger partial charge in [-0.05, 0) is 113 Å². The van der Waals surface area contributed by atoms with Crippen LogP contribution in [0.3, 0.4) is 0 Å². The van der Waals surface area contributed by atoms with Gasteiger partial charge in [0.25, 0.3) is 0 Å². The molecule has 53 heavy (non-hydrogen) atoms. The predicted octanol–water partition coefficient (Wildman–Crippen LogP) is 2.17. The zero-order chi connectivity index (χ0) is 38.1. The smallest absolute Gasteiger partial charge is 0.491 e. The number of phenols is 2. The molecule has 0 spiro atoms. The Balaban J connectivity index is 1.32. The van der Waals surface area contributed by atoms with Crippen LogP contribution in [0.25, 0.3) is 0 Å². The number of phenolic OH excluding ortho intramolecular Hbond substituents is 2. The molecule has 10 N–H and O–H groups in total. The van der Waals surface area contributed by atoms with Gasteiger partial charge in [-0.1, -0.05) is 49.9 Å². The van der Waals surface area contributed by atoms with E-state index in [-0.39, 0.29) is 23.3 Å². The van der Waals surface area contributed by atoms with Crippen molar-refractivity contribution < 1.29 is 38.7 Å². The summed E-state index contributed by atoms with van der Waals surface area (Å²) in [5.41, 5.74) is 11.0. The van der Waals surface area contributed by atoms with E-state index in [0.717, 1.165) is 44.5 Å². The van der Waals surface area contributed by atoms with Gasteiger partial charge in [-0.3, -0.25) is 19.2 Å². The molecule has 4 rings (SSSR count). The molecule has 4 amide bonds. The second-order valence-electron chi connectivity index (χ2n) is 14.1. The van der Waals surface area contributed by atoms with Gasteiger partial charge in [0.15, 0.2) is 0 Å². The van der Waals surface area contributed by atoms with Crippen molar-refractivity contribution in [2.24, 2.45) is 22.3 Å². The molecule has 0 aromatic heterocycles. The van der Waals surface area contributed by atoms with E-state index in [1.807, 2.05) is 0 Å². The molecule has 0 aliphatic heterocycles. The molecular formula is C38H56BN6O8. The van der Waals surface area contributed by atoms with Gasteiger partial charge >= 0.3 is 7.69 Å². The molecule has 2 aliphatic carbocycles. The van der Waals surface area contributed by atoms with Crippen LogP contribution in [0.5, 0.6) is 11.5 Å². The number of amides is 4. The van der Waals surface area contributed by atoms with Crippen molar-refractivity contribution in [2.45, 2.75) is 102 Å². The first-order valence-corrected chi connectivity index (χ1v) is 18.9. The third-order valence-electron chi connectivity index (χ3n) is 10.3. The Kier molecular flexibility index (Phi) is 16.4. The summed E-state index contributed by atoms with van der Waals surface area (Å²) < 4.78 is 11.8. The van der Waals surface area contributed by atoms with Crippen molar-refractivity contribution >= 4 is 31.3 Å². The number of rotatable bonds is 22. The van der Waals surface area contributed by atoms with Crippen LogP contribution in [-0.2, 0) is 41.3 Å². The van der Waals surface area contributed by atoms with E-state index in [1.54, 1.807) is 48.5 Å². The molecule has 2 aromatic rings.